The highest BCUT2D eigenvalue weighted by Crippen LogP contribution is 2.32. The first-order valence-electron chi connectivity index (χ1n) is 4.19. The van der Waals surface area contributed by atoms with Crippen molar-refractivity contribution in [2.75, 3.05) is 6.61 Å². The smallest absolute Gasteiger partial charge is 0.312 e. The highest BCUT2D eigenvalue weighted by Gasteiger charge is 2.17. The van der Waals surface area contributed by atoms with Crippen molar-refractivity contribution in [2.45, 2.75) is 6.92 Å². The third-order valence-corrected chi connectivity index (χ3v) is 2.19. The zero-order chi connectivity index (χ0) is 12.3. The van der Waals surface area contributed by atoms with Gasteiger partial charge in [-0.05, 0) is 18.6 Å². The molecule has 0 aliphatic heterocycles. The summed E-state index contributed by atoms with van der Waals surface area (Å²) in [6.07, 6.45) is 0. The number of halogens is 1. The van der Waals surface area contributed by atoms with Gasteiger partial charge in [0.2, 0.25) is 0 Å². The fourth-order valence-corrected chi connectivity index (χ4v) is 1.20. The van der Waals surface area contributed by atoms with Crippen molar-refractivity contribution >= 4 is 23.3 Å². The van der Waals surface area contributed by atoms with Gasteiger partial charge in [0.05, 0.1) is 15.9 Å². The Kier molecular flexibility index (Phi) is 3.68. The lowest BCUT2D eigenvalue weighted by molar-refractivity contribution is -0.386. The lowest BCUT2D eigenvalue weighted by Gasteiger charge is -2.08. The van der Waals surface area contributed by atoms with Crippen molar-refractivity contribution in [2.24, 2.45) is 0 Å². The molecule has 0 bridgehead atoms. The summed E-state index contributed by atoms with van der Waals surface area (Å²) >= 11 is 5.70. The van der Waals surface area contributed by atoms with Gasteiger partial charge in [0.15, 0.2) is 5.75 Å². The Bertz CT molecular complexity index is 446. The van der Waals surface area contributed by atoms with Crippen molar-refractivity contribution in [1.29, 1.82) is 0 Å². The van der Waals surface area contributed by atoms with Gasteiger partial charge in [0.25, 0.3) is 0 Å². The van der Waals surface area contributed by atoms with Gasteiger partial charge in [-0.3, -0.25) is 10.1 Å². The van der Waals surface area contributed by atoms with Crippen molar-refractivity contribution < 1.29 is 19.6 Å². The molecule has 16 heavy (non-hydrogen) atoms. The quantitative estimate of drug-likeness (QED) is 0.574. The predicted octanol–water partition coefficient (Wildman–Crippen LogP) is 0.685. The number of nitro benzene ring substituents is 1. The number of hydrogen-bond acceptors (Lipinski definition) is 5. The number of aryl methyl sites for hydroxylation is 1. The summed E-state index contributed by atoms with van der Waals surface area (Å²) in [5.74, 6) is -1.60. The Labute approximate surface area is 95.6 Å². The molecule has 0 heterocycles. The number of ether oxygens (including phenoxy) is 1. The summed E-state index contributed by atoms with van der Waals surface area (Å²) in [4.78, 5) is 20.1. The number of carboxylic acid groups (broad SMARTS) is 1. The summed E-state index contributed by atoms with van der Waals surface area (Å²) in [7, 11) is 0. The summed E-state index contributed by atoms with van der Waals surface area (Å²) in [6, 6.07) is 2.42. The van der Waals surface area contributed by atoms with Crippen LogP contribution in [-0.4, -0.2) is 17.5 Å². The first-order chi connectivity index (χ1) is 7.41. The first-order valence-corrected chi connectivity index (χ1v) is 4.57. The molecule has 0 aromatic heterocycles. The largest absolute Gasteiger partial charge is 0.546 e. The Balaban J connectivity index is 3.09. The van der Waals surface area contributed by atoms with Crippen molar-refractivity contribution in [3.63, 3.8) is 0 Å². The zero-order valence-corrected chi connectivity index (χ0v) is 8.98. The van der Waals surface area contributed by atoms with Gasteiger partial charge in [-0.15, -0.1) is 0 Å². The number of aliphatic carboxylic acids is 1. The monoisotopic (exact) mass is 244 g/mol. The average molecular weight is 245 g/mol. The average Bonchev–Trinajstić information content (AvgIpc) is 2.18. The number of carboxylic acids is 1. The van der Waals surface area contributed by atoms with Crippen molar-refractivity contribution in [3.8, 4) is 5.75 Å². The molecule has 0 atom stereocenters. The van der Waals surface area contributed by atoms with Gasteiger partial charge in [-0.2, -0.15) is 0 Å². The first kappa shape index (κ1) is 12.3. The number of carbonyl (C=O) groups excluding carboxylic acids is 1. The predicted molar refractivity (Wildman–Crippen MR) is 53.3 cm³/mol. The molecule has 7 heteroatoms. The van der Waals surface area contributed by atoms with Gasteiger partial charge >= 0.3 is 5.69 Å². The van der Waals surface area contributed by atoms with E-state index < -0.39 is 17.5 Å². The van der Waals surface area contributed by atoms with Gasteiger partial charge in [-0.1, -0.05) is 11.6 Å². The molecule has 0 spiro atoms. The topological polar surface area (TPSA) is 92.5 Å². The van der Waals surface area contributed by atoms with E-state index in [2.05, 4.69) is 0 Å². The molecule has 0 aliphatic rings. The summed E-state index contributed by atoms with van der Waals surface area (Å²) in [6.45, 7) is 0.875. The molecule has 0 fully saturated rings. The maximum absolute atomic E-state index is 10.6. The number of hydrogen-bond donors (Lipinski definition) is 0. The third kappa shape index (κ3) is 2.83. The van der Waals surface area contributed by atoms with E-state index in [9.17, 15) is 20.0 Å². The van der Waals surface area contributed by atoms with Crippen LogP contribution in [0.4, 0.5) is 5.69 Å². The van der Waals surface area contributed by atoms with Crippen molar-refractivity contribution in [1.82, 2.24) is 0 Å². The molecular weight excluding hydrogens is 238 g/mol. The molecule has 1 aromatic rings. The fourth-order valence-electron chi connectivity index (χ4n) is 1.04. The molecule has 6 nitrogen and oxygen atoms in total. The van der Waals surface area contributed by atoms with Crippen LogP contribution in [-0.2, 0) is 4.79 Å². The van der Waals surface area contributed by atoms with Crippen LogP contribution in [0.1, 0.15) is 5.56 Å². The van der Waals surface area contributed by atoms with E-state index in [0.717, 1.165) is 6.07 Å². The maximum Gasteiger partial charge on any atom is 0.312 e. The van der Waals surface area contributed by atoms with E-state index in [1.165, 1.54) is 6.07 Å². The third-order valence-electron chi connectivity index (χ3n) is 1.78. The maximum atomic E-state index is 10.6. The lowest BCUT2D eigenvalue weighted by Crippen LogP contribution is -2.29. The highest BCUT2D eigenvalue weighted by atomic mass is 35.5. The molecule has 0 unspecified atom stereocenters. The SMILES string of the molecule is Cc1cc(OCC(=O)[O-])c([N+](=O)[O-])cc1Cl. The van der Waals surface area contributed by atoms with Crippen LogP contribution in [0.2, 0.25) is 5.02 Å². The van der Waals surface area contributed by atoms with Gasteiger partial charge in [-0.25, -0.2) is 0 Å². The normalized spacial score (nSPS) is 9.88. The molecule has 86 valence electrons. The molecule has 1 rings (SSSR count). The minimum absolute atomic E-state index is 0.142. The highest BCUT2D eigenvalue weighted by molar-refractivity contribution is 6.31. The second-order valence-corrected chi connectivity index (χ2v) is 3.39. The molecule has 0 saturated heterocycles. The number of carbonyl (C=O) groups is 1. The number of benzene rings is 1. The molecule has 1 aromatic carbocycles. The van der Waals surface area contributed by atoms with Crippen LogP contribution >= 0.6 is 11.6 Å². The van der Waals surface area contributed by atoms with Crippen LogP contribution in [0.3, 0.4) is 0 Å². The van der Waals surface area contributed by atoms with E-state index in [0.29, 0.717) is 5.56 Å². The second kappa shape index (κ2) is 4.80. The van der Waals surface area contributed by atoms with Gasteiger partial charge < -0.3 is 14.6 Å². The van der Waals surface area contributed by atoms with Crippen LogP contribution in [0, 0.1) is 17.0 Å². The number of nitro groups is 1. The zero-order valence-electron chi connectivity index (χ0n) is 8.23. The second-order valence-electron chi connectivity index (χ2n) is 2.99. The summed E-state index contributed by atoms with van der Waals surface area (Å²) < 4.78 is 4.73. The Morgan fingerprint density at radius 3 is 2.69 bits per heavy atom. The molecule has 0 amide bonds. The molecule has 0 aliphatic carbocycles. The Hall–Kier alpha value is -1.82. The fraction of sp³-hybridized carbons (Fsp3) is 0.222. The van der Waals surface area contributed by atoms with Crippen LogP contribution in [0.25, 0.3) is 0 Å². The Morgan fingerprint density at radius 1 is 1.56 bits per heavy atom. The summed E-state index contributed by atoms with van der Waals surface area (Å²) in [5.41, 5.74) is 0.178. The summed E-state index contributed by atoms with van der Waals surface area (Å²) in [5, 5.41) is 21.0. The number of rotatable bonds is 4. The van der Waals surface area contributed by atoms with Crippen LogP contribution in [0.15, 0.2) is 12.1 Å². The Morgan fingerprint density at radius 2 is 2.19 bits per heavy atom. The van der Waals surface area contributed by atoms with Crippen LogP contribution < -0.4 is 9.84 Å². The van der Waals surface area contributed by atoms with Gasteiger partial charge in [0, 0.05) is 6.07 Å². The standard InChI is InChI=1S/C9H8ClNO5/c1-5-2-8(16-4-9(12)13)7(11(14)15)3-6(5)10/h2-3H,4H2,1H3,(H,12,13)/p-1. The van der Waals surface area contributed by atoms with E-state index in [1.54, 1.807) is 6.92 Å². The molecular formula is C9H7ClNO5-. The van der Waals surface area contributed by atoms with Gasteiger partial charge in [0.1, 0.15) is 6.61 Å². The van der Waals surface area contributed by atoms with E-state index >= 15 is 0 Å². The van der Waals surface area contributed by atoms with E-state index in [-0.39, 0.29) is 16.5 Å². The lowest BCUT2D eigenvalue weighted by atomic mass is 10.2. The minimum Gasteiger partial charge on any atom is -0.546 e. The molecule has 0 saturated carbocycles. The molecule has 0 N–H and O–H groups in total. The van der Waals surface area contributed by atoms with E-state index in [4.69, 9.17) is 16.3 Å². The van der Waals surface area contributed by atoms with E-state index in [1.807, 2.05) is 0 Å². The number of nitrogens with zero attached hydrogens (tertiary/aromatic N) is 1. The van der Waals surface area contributed by atoms with Crippen LogP contribution in [0.5, 0.6) is 5.75 Å². The minimum atomic E-state index is -1.46. The molecule has 0 radical (unpaired) electrons. The van der Waals surface area contributed by atoms with Crippen molar-refractivity contribution in [3.05, 3.63) is 32.8 Å².